The molecule has 102 valence electrons. The fourth-order valence-corrected chi connectivity index (χ4v) is 3.04. The Morgan fingerprint density at radius 1 is 1.35 bits per heavy atom. The summed E-state index contributed by atoms with van der Waals surface area (Å²) in [6.07, 6.45) is 1.42. The highest BCUT2D eigenvalue weighted by Gasteiger charge is 2.11. The lowest BCUT2D eigenvalue weighted by Crippen LogP contribution is -1.96. The molecule has 1 aromatic heterocycles. The molecule has 0 saturated carbocycles. The number of nitro groups is 1. The predicted molar refractivity (Wildman–Crippen MR) is 81.1 cm³/mol. The smallest absolute Gasteiger partial charge is 0.335 e. The molecule has 2 rings (SSSR count). The van der Waals surface area contributed by atoms with Crippen molar-refractivity contribution in [1.82, 2.24) is 4.98 Å². The van der Waals surface area contributed by atoms with E-state index in [9.17, 15) is 14.9 Å². The van der Waals surface area contributed by atoms with Crippen LogP contribution < -0.4 is 0 Å². The van der Waals surface area contributed by atoms with Crippen LogP contribution in [0.4, 0.5) is 5.69 Å². The van der Waals surface area contributed by atoms with Crippen LogP contribution >= 0.6 is 34.4 Å². The van der Waals surface area contributed by atoms with Gasteiger partial charge < -0.3 is 5.11 Å². The molecule has 6 nitrogen and oxygen atoms in total. The maximum absolute atomic E-state index is 10.9. The number of carbonyl (C=O) groups is 1. The molecule has 0 aliphatic carbocycles. The second-order valence-electron chi connectivity index (χ2n) is 3.66. The standard InChI is InChI=1S/C12H7IN2O4S/c13-9-6-8(15(18)19)1-2-10(9)20-11-5-7(12(16)17)3-4-14-11/h1-6H,(H,16,17). The van der Waals surface area contributed by atoms with Crippen molar-refractivity contribution in [2.45, 2.75) is 9.92 Å². The fraction of sp³-hybridized carbons (Fsp3) is 0. The van der Waals surface area contributed by atoms with Crippen LogP contribution in [0, 0.1) is 13.7 Å². The average Bonchev–Trinajstić information content (AvgIpc) is 2.41. The van der Waals surface area contributed by atoms with Gasteiger partial charge in [-0.3, -0.25) is 10.1 Å². The first-order valence-electron chi connectivity index (χ1n) is 5.28. The Morgan fingerprint density at radius 2 is 2.10 bits per heavy atom. The number of nitro benzene ring substituents is 1. The van der Waals surface area contributed by atoms with Gasteiger partial charge in [0.1, 0.15) is 5.03 Å². The van der Waals surface area contributed by atoms with E-state index >= 15 is 0 Å². The molecule has 0 aliphatic heterocycles. The number of rotatable bonds is 4. The molecule has 1 N–H and O–H groups in total. The molecule has 0 bridgehead atoms. The van der Waals surface area contributed by atoms with Crippen LogP contribution in [0.5, 0.6) is 0 Å². The first-order chi connectivity index (χ1) is 9.47. The second-order valence-corrected chi connectivity index (χ2v) is 5.89. The molecular formula is C12H7IN2O4S. The topological polar surface area (TPSA) is 93.3 Å². The SMILES string of the molecule is O=C(O)c1ccnc(Sc2ccc([N+](=O)[O-])cc2I)c1. The summed E-state index contributed by atoms with van der Waals surface area (Å²) in [4.78, 5) is 25.9. The van der Waals surface area contributed by atoms with E-state index in [0.717, 1.165) is 4.90 Å². The summed E-state index contributed by atoms with van der Waals surface area (Å²) in [5.41, 5.74) is 0.172. The van der Waals surface area contributed by atoms with Crippen molar-refractivity contribution in [3.63, 3.8) is 0 Å². The number of aromatic carboxylic acids is 1. The van der Waals surface area contributed by atoms with E-state index in [2.05, 4.69) is 4.98 Å². The minimum atomic E-state index is -1.02. The Bertz CT molecular complexity index is 693. The molecule has 0 saturated heterocycles. The van der Waals surface area contributed by atoms with Crippen LogP contribution in [0.3, 0.4) is 0 Å². The van der Waals surface area contributed by atoms with Gasteiger partial charge in [-0.1, -0.05) is 11.8 Å². The van der Waals surface area contributed by atoms with Crippen LogP contribution in [-0.2, 0) is 0 Å². The van der Waals surface area contributed by atoms with Crippen LogP contribution in [0.25, 0.3) is 0 Å². The van der Waals surface area contributed by atoms with Gasteiger partial charge >= 0.3 is 5.97 Å². The number of benzene rings is 1. The molecule has 0 spiro atoms. The molecule has 2 aromatic rings. The lowest BCUT2D eigenvalue weighted by Gasteiger charge is -2.04. The van der Waals surface area contributed by atoms with Crippen molar-refractivity contribution in [2.75, 3.05) is 0 Å². The molecule has 0 radical (unpaired) electrons. The number of hydrogen-bond acceptors (Lipinski definition) is 5. The quantitative estimate of drug-likeness (QED) is 0.479. The van der Waals surface area contributed by atoms with E-state index in [1.807, 2.05) is 22.6 Å². The molecule has 20 heavy (non-hydrogen) atoms. The molecule has 0 atom stereocenters. The number of halogens is 1. The third-order valence-corrected chi connectivity index (χ3v) is 4.59. The zero-order chi connectivity index (χ0) is 14.7. The molecule has 0 unspecified atom stereocenters. The van der Waals surface area contributed by atoms with Crippen molar-refractivity contribution in [3.05, 3.63) is 55.8 Å². The van der Waals surface area contributed by atoms with Gasteiger partial charge in [-0.25, -0.2) is 9.78 Å². The summed E-state index contributed by atoms with van der Waals surface area (Å²) >= 11 is 3.26. The molecule has 0 amide bonds. The number of pyridine rings is 1. The van der Waals surface area contributed by atoms with Gasteiger partial charge in [-0.2, -0.15) is 0 Å². The van der Waals surface area contributed by atoms with Crippen LogP contribution in [0.2, 0.25) is 0 Å². The zero-order valence-corrected chi connectivity index (χ0v) is 12.8. The highest BCUT2D eigenvalue weighted by atomic mass is 127. The monoisotopic (exact) mass is 402 g/mol. The first kappa shape index (κ1) is 14.7. The van der Waals surface area contributed by atoms with Crippen molar-refractivity contribution in [1.29, 1.82) is 0 Å². The summed E-state index contributed by atoms with van der Waals surface area (Å²) in [7, 11) is 0. The van der Waals surface area contributed by atoms with E-state index in [1.54, 1.807) is 6.07 Å². The number of hydrogen-bond donors (Lipinski definition) is 1. The van der Waals surface area contributed by atoms with Crippen molar-refractivity contribution in [2.24, 2.45) is 0 Å². The Labute approximate surface area is 131 Å². The molecule has 1 aromatic carbocycles. The van der Waals surface area contributed by atoms with Gasteiger partial charge in [0, 0.05) is 26.8 Å². The number of carboxylic acid groups (broad SMARTS) is 1. The Morgan fingerprint density at radius 3 is 2.70 bits per heavy atom. The minimum Gasteiger partial charge on any atom is -0.478 e. The van der Waals surface area contributed by atoms with Gasteiger partial charge in [0.25, 0.3) is 5.69 Å². The van der Waals surface area contributed by atoms with E-state index < -0.39 is 10.9 Å². The molecule has 0 fully saturated rings. The van der Waals surface area contributed by atoms with Crippen LogP contribution in [0.15, 0.2) is 46.5 Å². The number of carboxylic acids is 1. The highest BCUT2D eigenvalue weighted by Crippen LogP contribution is 2.32. The predicted octanol–water partition coefficient (Wildman–Crippen LogP) is 3.44. The van der Waals surface area contributed by atoms with E-state index in [0.29, 0.717) is 8.60 Å². The first-order valence-corrected chi connectivity index (χ1v) is 7.18. The van der Waals surface area contributed by atoms with Crippen LogP contribution in [-0.4, -0.2) is 21.0 Å². The molecule has 1 heterocycles. The summed E-state index contributed by atoms with van der Waals surface area (Å²) in [6.45, 7) is 0. The third-order valence-electron chi connectivity index (χ3n) is 2.32. The Balaban J connectivity index is 2.28. The minimum absolute atomic E-state index is 0.0194. The number of aromatic nitrogens is 1. The van der Waals surface area contributed by atoms with E-state index in [-0.39, 0.29) is 11.3 Å². The van der Waals surface area contributed by atoms with Gasteiger partial charge in [0.15, 0.2) is 0 Å². The maximum Gasteiger partial charge on any atom is 0.335 e. The average molecular weight is 402 g/mol. The van der Waals surface area contributed by atoms with E-state index in [1.165, 1.54) is 42.2 Å². The Hall–Kier alpha value is -1.68. The third kappa shape index (κ3) is 3.45. The second kappa shape index (κ2) is 6.18. The Kier molecular flexibility index (Phi) is 4.55. The van der Waals surface area contributed by atoms with Crippen molar-refractivity contribution < 1.29 is 14.8 Å². The number of nitrogens with zero attached hydrogens (tertiary/aromatic N) is 2. The largest absolute Gasteiger partial charge is 0.478 e. The van der Waals surface area contributed by atoms with Gasteiger partial charge in [-0.05, 0) is 40.8 Å². The van der Waals surface area contributed by atoms with Crippen LogP contribution in [0.1, 0.15) is 10.4 Å². The summed E-state index contributed by atoms with van der Waals surface area (Å²) in [5, 5.41) is 20.1. The summed E-state index contributed by atoms with van der Waals surface area (Å²) in [6, 6.07) is 7.37. The lowest BCUT2D eigenvalue weighted by molar-refractivity contribution is -0.385. The molecule has 8 heteroatoms. The lowest BCUT2D eigenvalue weighted by atomic mass is 10.3. The van der Waals surface area contributed by atoms with Crippen molar-refractivity contribution in [3.8, 4) is 0 Å². The highest BCUT2D eigenvalue weighted by molar-refractivity contribution is 14.1. The van der Waals surface area contributed by atoms with Gasteiger partial charge in [0.2, 0.25) is 0 Å². The normalized spacial score (nSPS) is 10.2. The molecule has 0 aliphatic rings. The van der Waals surface area contributed by atoms with Crippen molar-refractivity contribution >= 4 is 46.0 Å². The maximum atomic E-state index is 10.9. The summed E-state index contributed by atoms with van der Waals surface area (Å²) in [5.74, 6) is -1.02. The summed E-state index contributed by atoms with van der Waals surface area (Å²) < 4.78 is 0.712. The van der Waals surface area contributed by atoms with Gasteiger partial charge in [-0.15, -0.1) is 0 Å². The van der Waals surface area contributed by atoms with E-state index in [4.69, 9.17) is 5.11 Å². The number of non-ortho nitro benzene ring substituents is 1. The zero-order valence-electron chi connectivity index (χ0n) is 9.82. The molecular weight excluding hydrogens is 395 g/mol. The van der Waals surface area contributed by atoms with Gasteiger partial charge in [0.05, 0.1) is 10.5 Å². The fourth-order valence-electron chi connectivity index (χ4n) is 1.40.